The number of benzene rings is 3. The number of esters is 1. The van der Waals surface area contributed by atoms with E-state index in [0.29, 0.717) is 40.7 Å². The number of nitrogens with zero attached hydrogens (tertiary/aromatic N) is 6. The molecular weight excluding hydrogens is 635 g/mol. The molecule has 0 fully saturated rings. The molecule has 250 valence electrons. The maximum Gasteiger partial charge on any atom is 0.416 e. The lowest BCUT2D eigenvalue weighted by molar-refractivity contribution is -0.903. The number of nitrogens with one attached hydrogen (secondary N) is 1. The zero-order valence-corrected chi connectivity index (χ0v) is 27.2. The summed E-state index contributed by atoms with van der Waals surface area (Å²) in [6.45, 7) is 2.84. The summed E-state index contributed by atoms with van der Waals surface area (Å²) in [6, 6.07) is 20.7. The number of fused-ring (bicyclic) bond motifs is 2. The first-order chi connectivity index (χ1) is 23.3. The summed E-state index contributed by atoms with van der Waals surface area (Å²) in [5, 5.41) is 17.5. The molecule has 0 bridgehead atoms. The molecule has 1 N–H and O–H groups in total. The molecular formula is C36H33F3N7O3+. The summed E-state index contributed by atoms with van der Waals surface area (Å²) in [5.41, 5.74) is 2.40. The largest absolute Gasteiger partial charge is 0.466 e. The maximum absolute atomic E-state index is 13.7. The van der Waals surface area contributed by atoms with Gasteiger partial charge in [-0.3, -0.25) is 9.88 Å². The van der Waals surface area contributed by atoms with Crippen LogP contribution in [-0.2, 0) is 28.7 Å². The number of allylic oxidation sites excluding steroid dienone is 1. The molecule has 0 saturated carbocycles. The van der Waals surface area contributed by atoms with Crippen molar-refractivity contribution in [3.05, 3.63) is 129 Å². The summed E-state index contributed by atoms with van der Waals surface area (Å²) in [6.07, 6.45) is -2.40. The number of carbonyl (C=O) groups excluding carboxylic acids is 1. The maximum atomic E-state index is 13.7. The van der Waals surface area contributed by atoms with Crippen LogP contribution in [0.1, 0.15) is 40.8 Å². The van der Waals surface area contributed by atoms with Gasteiger partial charge in [0, 0.05) is 35.0 Å². The van der Waals surface area contributed by atoms with Gasteiger partial charge in [-0.2, -0.15) is 18.4 Å². The van der Waals surface area contributed by atoms with E-state index in [2.05, 4.69) is 41.4 Å². The van der Waals surface area contributed by atoms with E-state index in [1.165, 1.54) is 28.7 Å². The Balaban J connectivity index is 1.44. The summed E-state index contributed by atoms with van der Waals surface area (Å²) in [7, 11) is 5.38. The number of carbonyl (C=O) groups is 1. The molecule has 6 rings (SSSR count). The smallest absolute Gasteiger partial charge is 0.416 e. The van der Waals surface area contributed by atoms with Gasteiger partial charge in [-0.05, 0) is 54.4 Å². The summed E-state index contributed by atoms with van der Waals surface area (Å²) in [4.78, 5) is 33.0. The molecule has 10 nitrogen and oxygen atoms in total. The van der Waals surface area contributed by atoms with Gasteiger partial charge in [0.25, 0.3) is 0 Å². The Bertz CT molecular complexity index is 2210. The first-order valence-electron chi connectivity index (χ1n) is 15.4. The number of alkyl halides is 3. The Morgan fingerprint density at radius 1 is 1.06 bits per heavy atom. The quantitative estimate of drug-likeness (QED) is 0.159. The minimum Gasteiger partial charge on any atom is -0.466 e. The Kier molecular flexibility index (Phi) is 8.60. The monoisotopic (exact) mass is 668 g/mol. The molecule has 3 aromatic carbocycles. The van der Waals surface area contributed by atoms with Crippen LogP contribution in [0.4, 0.5) is 24.8 Å². The highest BCUT2D eigenvalue weighted by Crippen LogP contribution is 2.43. The number of quaternary nitrogens is 1. The minimum atomic E-state index is -4.63. The number of likely N-dealkylation sites (N-methyl/N-ethyl adjacent to an activating group) is 1. The number of ether oxygens (including phenoxy) is 1. The Labute approximate surface area is 279 Å². The van der Waals surface area contributed by atoms with Crippen LogP contribution in [0.2, 0.25) is 0 Å². The molecule has 1 aliphatic rings. The van der Waals surface area contributed by atoms with Gasteiger partial charge >= 0.3 is 17.8 Å². The first-order valence-corrected chi connectivity index (χ1v) is 15.4. The van der Waals surface area contributed by atoms with Gasteiger partial charge in [-0.25, -0.2) is 19.3 Å². The molecule has 2 aromatic heterocycles. The molecule has 0 aliphatic carbocycles. The van der Waals surface area contributed by atoms with Gasteiger partial charge in [0.1, 0.15) is 12.6 Å². The lowest BCUT2D eigenvalue weighted by atomic mass is 9.89. The molecule has 0 spiro atoms. The number of hydrogen-bond acceptors (Lipinski definition) is 7. The van der Waals surface area contributed by atoms with Crippen LogP contribution in [0.25, 0.3) is 10.9 Å². The second-order valence-electron chi connectivity index (χ2n) is 12.6. The molecule has 3 heterocycles. The van der Waals surface area contributed by atoms with Crippen LogP contribution in [0.15, 0.2) is 95.1 Å². The van der Waals surface area contributed by atoms with Gasteiger partial charge in [-0.1, -0.05) is 36.4 Å². The van der Waals surface area contributed by atoms with Crippen LogP contribution in [0.3, 0.4) is 0 Å². The molecule has 1 atom stereocenters. The van der Waals surface area contributed by atoms with Crippen molar-refractivity contribution in [1.82, 2.24) is 19.7 Å². The van der Waals surface area contributed by atoms with Crippen molar-refractivity contribution in [3.8, 4) is 6.07 Å². The number of para-hydroxylation sites is 1. The third kappa shape index (κ3) is 6.30. The van der Waals surface area contributed by atoms with Crippen molar-refractivity contribution < 1.29 is 27.2 Å². The van der Waals surface area contributed by atoms with Crippen molar-refractivity contribution in [3.63, 3.8) is 0 Å². The molecule has 0 radical (unpaired) electrons. The number of methoxy groups -OCH3 is 1. The van der Waals surface area contributed by atoms with E-state index < -0.39 is 29.4 Å². The third-order valence-electron chi connectivity index (χ3n) is 8.85. The van der Waals surface area contributed by atoms with Crippen LogP contribution in [-0.4, -0.2) is 58.0 Å². The van der Waals surface area contributed by atoms with Crippen molar-refractivity contribution in [2.45, 2.75) is 32.1 Å². The van der Waals surface area contributed by atoms with E-state index in [-0.39, 0.29) is 22.9 Å². The Morgan fingerprint density at radius 3 is 2.55 bits per heavy atom. The normalized spacial score (nSPS) is 14.9. The predicted octanol–water partition coefficient (Wildman–Crippen LogP) is 6.02. The number of anilines is 2. The second kappa shape index (κ2) is 12.7. The summed E-state index contributed by atoms with van der Waals surface area (Å²) in [5.74, 6) is -0.776. The van der Waals surface area contributed by atoms with E-state index in [1.807, 2.05) is 24.3 Å². The highest BCUT2D eigenvalue weighted by Gasteiger charge is 2.41. The molecule has 1 aliphatic heterocycles. The second-order valence-corrected chi connectivity index (χ2v) is 12.6. The van der Waals surface area contributed by atoms with Gasteiger partial charge < -0.3 is 9.22 Å². The fourth-order valence-corrected chi connectivity index (χ4v) is 6.50. The van der Waals surface area contributed by atoms with Crippen molar-refractivity contribution in [1.29, 1.82) is 5.26 Å². The lowest BCUT2D eigenvalue weighted by Gasteiger charge is -2.36. The van der Waals surface area contributed by atoms with Crippen LogP contribution in [0.5, 0.6) is 0 Å². The van der Waals surface area contributed by atoms with E-state index >= 15 is 0 Å². The minimum absolute atomic E-state index is 0.00523. The SMILES string of the molecule is COC(=O)C1=C(C)N(c2cccc(C(F)(F)F)c2)c2n[nH]c(=O)n2C1c1ccc(C#N)cc1CC[N+](C)(C)Cc1cccc2cccnc12. The van der Waals surface area contributed by atoms with Gasteiger partial charge in [0.05, 0.1) is 56.0 Å². The van der Waals surface area contributed by atoms with E-state index in [0.717, 1.165) is 28.6 Å². The number of halogens is 3. The highest BCUT2D eigenvalue weighted by atomic mass is 19.4. The Morgan fingerprint density at radius 2 is 1.82 bits per heavy atom. The van der Waals surface area contributed by atoms with Crippen molar-refractivity contribution >= 4 is 28.5 Å². The van der Waals surface area contributed by atoms with E-state index in [1.54, 1.807) is 31.3 Å². The zero-order chi connectivity index (χ0) is 35.1. The van der Waals surface area contributed by atoms with E-state index in [4.69, 9.17) is 4.74 Å². The van der Waals surface area contributed by atoms with Crippen LogP contribution < -0.4 is 10.6 Å². The van der Waals surface area contributed by atoms with Gasteiger partial charge in [0.2, 0.25) is 5.95 Å². The topological polar surface area (TPSA) is 117 Å². The number of nitriles is 1. The summed E-state index contributed by atoms with van der Waals surface area (Å²) < 4.78 is 48.1. The van der Waals surface area contributed by atoms with E-state index in [9.17, 15) is 28.0 Å². The molecule has 49 heavy (non-hydrogen) atoms. The zero-order valence-electron chi connectivity index (χ0n) is 27.2. The molecule has 1 unspecified atom stereocenters. The predicted molar refractivity (Wildman–Crippen MR) is 177 cm³/mol. The van der Waals surface area contributed by atoms with Gasteiger partial charge in [-0.15, -0.1) is 5.10 Å². The molecule has 0 amide bonds. The number of aromatic nitrogens is 4. The number of hydrogen-bond donors (Lipinski definition) is 1. The number of pyridine rings is 1. The fraction of sp³-hybridized carbons (Fsp3) is 0.250. The average molecular weight is 669 g/mol. The number of aromatic amines is 1. The van der Waals surface area contributed by atoms with Crippen LogP contribution in [0, 0.1) is 11.3 Å². The number of H-pyrrole nitrogens is 1. The fourth-order valence-electron chi connectivity index (χ4n) is 6.50. The Hall–Kier alpha value is -5.74. The average Bonchev–Trinajstić information content (AvgIpc) is 3.46. The molecule has 0 saturated heterocycles. The van der Waals surface area contributed by atoms with Crippen molar-refractivity contribution in [2.75, 3.05) is 32.6 Å². The number of rotatable bonds is 8. The first kappa shape index (κ1) is 33.2. The standard InChI is InChI=1S/C36H32F3N7O3/c1-22-30(33(47)49-4)32(45-34(42-43-35(45)48)44(22)28-12-6-11-27(19-28)36(37,38)39)29-14-13-23(20-40)18-25(29)15-17-46(2,3)21-26-9-5-8-24-10-7-16-41-31(24)26/h5-14,16,18-19,32H,15,17,21H2,1-4H3/p+1. The summed E-state index contributed by atoms with van der Waals surface area (Å²) >= 11 is 0. The lowest BCUT2D eigenvalue weighted by Crippen LogP contribution is -2.41. The highest BCUT2D eigenvalue weighted by molar-refractivity contribution is 5.93. The molecule has 5 aromatic rings. The van der Waals surface area contributed by atoms with Gasteiger partial charge in [0.15, 0.2) is 0 Å². The third-order valence-corrected chi connectivity index (χ3v) is 8.85. The van der Waals surface area contributed by atoms with Crippen LogP contribution >= 0.6 is 0 Å². The molecule has 13 heteroatoms. The van der Waals surface area contributed by atoms with Crippen molar-refractivity contribution in [2.24, 2.45) is 0 Å².